The summed E-state index contributed by atoms with van der Waals surface area (Å²) in [5.74, 6) is 1.58. The zero-order valence-electron chi connectivity index (χ0n) is 11.5. The summed E-state index contributed by atoms with van der Waals surface area (Å²) < 4.78 is 5.20. The second-order valence-corrected chi connectivity index (χ2v) is 5.72. The van der Waals surface area contributed by atoms with Crippen LogP contribution in [0.1, 0.15) is 41.0 Å². The van der Waals surface area contributed by atoms with Crippen LogP contribution in [-0.4, -0.2) is 34.9 Å². The number of carbonyl (C=O) groups is 2. The minimum Gasteiger partial charge on any atom is -0.443 e. The van der Waals surface area contributed by atoms with Crippen molar-refractivity contribution in [3.05, 3.63) is 5.70 Å². The summed E-state index contributed by atoms with van der Waals surface area (Å²) in [4.78, 5) is 35.8. The van der Waals surface area contributed by atoms with Gasteiger partial charge in [0.1, 0.15) is 23.0 Å². The number of hydrogen-bond acceptors (Lipinski definition) is 4. The van der Waals surface area contributed by atoms with Crippen molar-refractivity contribution < 1.29 is 19.1 Å². The first kappa shape index (κ1) is 14.5. The van der Waals surface area contributed by atoms with E-state index in [0.717, 1.165) is 0 Å². The van der Waals surface area contributed by atoms with Crippen LogP contribution in [0.5, 0.6) is 0 Å². The Kier molecular flexibility index (Phi) is 3.67. The number of hydrogen-bond donors (Lipinski definition) is 0. The number of Topliss-reactive ketones (excluding diaryl/α,β-unsaturated/α-hetero) is 1. The molecule has 5 nitrogen and oxygen atoms in total. The average molecular weight is 253 g/mol. The molecule has 0 spiro atoms. The van der Waals surface area contributed by atoms with Crippen molar-refractivity contribution >= 4 is 17.8 Å². The van der Waals surface area contributed by atoms with Crippen LogP contribution < -0.4 is 0 Å². The van der Waals surface area contributed by atoms with E-state index in [1.165, 1.54) is 11.8 Å². The molecule has 1 heterocycles. The molecule has 18 heavy (non-hydrogen) atoms. The predicted octanol–water partition coefficient (Wildman–Crippen LogP) is 1.94. The Morgan fingerprint density at radius 1 is 1.39 bits per heavy atom. The van der Waals surface area contributed by atoms with Crippen LogP contribution in [0.15, 0.2) is 5.70 Å². The maximum Gasteiger partial charge on any atom is 0.415 e. The molecule has 1 saturated heterocycles. The minimum absolute atomic E-state index is 0.0734. The molecular weight excluding hydrogens is 234 g/mol. The minimum atomic E-state index is -0.932. The maximum atomic E-state index is 11.9. The van der Waals surface area contributed by atoms with Crippen LogP contribution in [0.2, 0.25) is 0 Å². The highest BCUT2D eigenvalue weighted by molar-refractivity contribution is 5.90. The van der Waals surface area contributed by atoms with Crippen molar-refractivity contribution in [1.82, 2.24) is 4.90 Å². The fourth-order valence-corrected chi connectivity index (χ4v) is 1.87. The lowest BCUT2D eigenvalue weighted by atomic mass is 9.83. The van der Waals surface area contributed by atoms with Gasteiger partial charge in [-0.15, -0.1) is 0 Å². The largest absolute Gasteiger partial charge is 0.443 e. The van der Waals surface area contributed by atoms with Crippen LogP contribution in [0.3, 0.4) is 0 Å². The molecule has 0 saturated carbocycles. The standard InChI is InChI=1S/C13H19NO4/c1-9(16)13(5)6-7-14(10(13)8-15)11(17)18-12(2,3)4/h6-7H2,1-5H3. The van der Waals surface area contributed by atoms with Gasteiger partial charge < -0.3 is 4.74 Å². The van der Waals surface area contributed by atoms with Gasteiger partial charge in [0, 0.05) is 6.54 Å². The number of carbonyl (C=O) groups excluding carboxylic acids is 3. The summed E-state index contributed by atoms with van der Waals surface area (Å²) in [5, 5.41) is 0. The summed E-state index contributed by atoms with van der Waals surface area (Å²) in [6.45, 7) is 8.60. The SMILES string of the molecule is CC(=O)C1(C)CCN(C(=O)OC(C)(C)C)C1=C=O. The first-order valence-corrected chi connectivity index (χ1v) is 5.89. The number of rotatable bonds is 1. The van der Waals surface area contributed by atoms with Gasteiger partial charge in [0.2, 0.25) is 0 Å². The molecule has 0 aliphatic carbocycles. The summed E-state index contributed by atoms with van der Waals surface area (Å²) in [6.07, 6.45) is -0.183. The molecule has 1 rings (SSSR count). The molecule has 1 aliphatic heterocycles. The van der Waals surface area contributed by atoms with Gasteiger partial charge in [-0.25, -0.2) is 9.59 Å². The van der Waals surface area contributed by atoms with Gasteiger partial charge in [0.25, 0.3) is 0 Å². The van der Waals surface area contributed by atoms with Crippen LogP contribution in [0.4, 0.5) is 4.79 Å². The smallest absolute Gasteiger partial charge is 0.415 e. The Balaban J connectivity index is 2.99. The molecule has 0 aromatic carbocycles. The third kappa shape index (κ3) is 2.62. The highest BCUT2D eigenvalue weighted by Crippen LogP contribution is 2.39. The molecule has 0 radical (unpaired) electrons. The van der Waals surface area contributed by atoms with Gasteiger partial charge >= 0.3 is 6.09 Å². The quantitative estimate of drug-likeness (QED) is 0.670. The molecule has 1 fully saturated rings. The van der Waals surface area contributed by atoms with Gasteiger partial charge in [0.15, 0.2) is 0 Å². The van der Waals surface area contributed by atoms with E-state index in [1.807, 2.05) is 0 Å². The topological polar surface area (TPSA) is 63.7 Å². The molecule has 1 atom stereocenters. The first-order valence-electron chi connectivity index (χ1n) is 5.89. The maximum absolute atomic E-state index is 11.9. The molecular formula is C13H19NO4. The van der Waals surface area contributed by atoms with Gasteiger partial charge in [0.05, 0.1) is 5.41 Å². The van der Waals surface area contributed by atoms with Crippen LogP contribution >= 0.6 is 0 Å². The van der Waals surface area contributed by atoms with Crippen molar-refractivity contribution in [1.29, 1.82) is 0 Å². The van der Waals surface area contributed by atoms with Gasteiger partial charge in [-0.2, -0.15) is 0 Å². The molecule has 5 heteroatoms. The summed E-state index contributed by atoms with van der Waals surface area (Å²) in [7, 11) is 0. The molecule has 0 bridgehead atoms. The second kappa shape index (κ2) is 4.58. The van der Waals surface area contributed by atoms with Crippen LogP contribution in [0.25, 0.3) is 0 Å². The van der Waals surface area contributed by atoms with Gasteiger partial charge in [-0.05, 0) is 41.0 Å². The fraction of sp³-hybridized carbons (Fsp3) is 0.692. The van der Waals surface area contributed by atoms with E-state index in [2.05, 4.69) is 0 Å². The summed E-state index contributed by atoms with van der Waals surface area (Å²) in [5.41, 5.74) is -1.50. The third-order valence-electron chi connectivity index (χ3n) is 3.12. The van der Waals surface area contributed by atoms with E-state index < -0.39 is 17.1 Å². The van der Waals surface area contributed by atoms with Crippen molar-refractivity contribution in [2.24, 2.45) is 5.41 Å². The highest BCUT2D eigenvalue weighted by Gasteiger charge is 2.47. The van der Waals surface area contributed by atoms with Crippen LogP contribution in [0, 0.1) is 5.41 Å². The molecule has 1 amide bonds. The zero-order valence-corrected chi connectivity index (χ0v) is 11.5. The van der Waals surface area contributed by atoms with E-state index in [-0.39, 0.29) is 11.5 Å². The van der Waals surface area contributed by atoms with E-state index in [0.29, 0.717) is 13.0 Å². The number of likely N-dealkylation sites (tertiary alicyclic amines) is 1. The lowest BCUT2D eigenvalue weighted by Crippen LogP contribution is -2.36. The molecule has 0 aromatic rings. The lowest BCUT2D eigenvalue weighted by molar-refractivity contribution is -0.123. The third-order valence-corrected chi connectivity index (χ3v) is 3.12. The number of nitrogens with zero attached hydrogens (tertiary/aromatic N) is 1. The Morgan fingerprint density at radius 2 is 1.94 bits per heavy atom. The fourth-order valence-electron chi connectivity index (χ4n) is 1.87. The van der Waals surface area contributed by atoms with Gasteiger partial charge in [-0.1, -0.05) is 0 Å². The Bertz CT molecular complexity index is 429. The molecule has 1 unspecified atom stereocenters. The van der Waals surface area contributed by atoms with E-state index in [9.17, 15) is 14.4 Å². The van der Waals surface area contributed by atoms with E-state index in [1.54, 1.807) is 33.6 Å². The van der Waals surface area contributed by atoms with Crippen molar-refractivity contribution in [2.75, 3.05) is 6.54 Å². The molecule has 100 valence electrons. The van der Waals surface area contributed by atoms with E-state index >= 15 is 0 Å². The zero-order chi connectivity index (χ0) is 14.1. The highest BCUT2D eigenvalue weighted by atomic mass is 16.6. The second-order valence-electron chi connectivity index (χ2n) is 5.72. The Hall–Kier alpha value is -1.61. The monoisotopic (exact) mass is 253 g/mol. The molecule has 0 aromatic heterocycles. The van der Waals surface area contributed by atoms with E-state index in [4.69, 9.17) is 4.74 Å². The predicted molar refractivity (Wildman–Crippen MR) is 65.6 cm³/mol. The number of ketones is 1. The Labute approximate surface area is 107 Å². The first-order chi connectivity index (χ1) is 8.12. The summed E-state index contributed by atoms with van der Waals surface area (Å²) >= 11 is 0. The number of amides is 1. The average Bonchev–Trinajstić information content (AvgIpc) is 2.54. The number of allylic oxidation sites excluding steroid dienone is 1. The van der Waals surface area contributed by atoms with Crippen molar-refractivity contribution in [2.45, 2.75) is 46.6 Å². The Morgan fingerprint density at radius 3 is 2.33 bits per heavy atom. The number of ether oxygens (including phenoxy) is 1. The molecule has 1 aliphatic rings. The van der Waals surface area contributed by atoms with Crippen LogP contribution in [-0.2, 0) is 14.3 Å². The molecule has 0 N–H and O–H groups in total. The van der Waals surface area contributed by atoms with Crippen molar-refractivity contribution in [3.63, 3.8) is 0 Å². The lowest BCUT2D eigenvalue weighted by Gasteiger charge is -2.26. The van der Waals surface area contributed by atoms with Gasteiger partial charge in [-0.3, -0.25) is 9.69 Å². The van der Waals surface area contributed by atoms with Crippen molar-refractivity contribution in [3.8, 4) is 0 Å². The summed E-state index contributed by atoms with van der Waals surface area (Å²) in [6, 6.07) is 0. The normalized spacial score (nSPS) is 23.8.